The van der Waals surface area contributed by atoms with Gasteiger partial charge in [0.15, 0.2) is 0 Å². The highest BCUT2D eigenvalue weighted by molar-refractivity contribution is 8.03. The maximum absolute atomic E-state index is 13.0. The number of fused-ring (bicyclic) bond motifs is 1. The predicted molar refractivity (Wildman–Crippen MR) is 127 cm³/mol. The molecule has 0 aromatic heterocycles. The number of amides is 3. The molecule has 0 radical (unpaired) electrons. The van der Waals surface area contributed by atoms with Crippen molar-refractivity contribution in [3.8, 4) is 0 Å². The van der Waals surface area contributed by atoms with Gasteiger partial charge in [0.05, 0.1) is 18.0 Å². The van der Waals surface area contributed by atoms with Crippen molar-refractivity contribution in [3.63, 3.8) is 0 Å². The molecule has 11 heteroatoms. The first kappa shape index (κ1) is 25.0. The van der Waals surface area contributed by atoms with E-state index in [-0.39, 0.29) is 58.8 Å². The first-order valence-corrected chi connectivity index (χ1v) is 13.1. The Kier molecular flexibility index (Phi) is 7.25. The van der Waals surface area contributed by atoms with E-state index in [2.05, 4.69) is 10.6 Å². The van der Waals surface area contributed by atoms with E-state index in [1.54, 1.807) is 4.90 Å². The number of aliphatic carboxylic acids is 1. The Morgan fingerprint density at radius 2 is 2.09 bits per heavy atom. The molecule has 3 fully saturated rings. The fraction of sp³-hybridized carbons (Fsp3) is 0.739. The first-order valence-electron chi connectivity index (χ1n) is 12.2. The summed E-state index contributed by atoms with van der Waals surface area (Å²) in [5, 5.41) is 16.2. The third kappa shape index (κ3) is 4.45. The number of nitrogens with zero attached hydrogens (tertiary/aromatic N) is 2. The Labute approximate surface area is 204 Å². The van der Waals surface area contributed by atoms with Crippen LogP contribution in [0.25, 0.3) is 0 Å². The summed E-state index contributed by atoms with van der Waals surface area (Å²) < 4.78 is 0. The topological polar surface area (TPSA) is 145 Å². The fourth-order valence-corrected chi connectivity index (χ4v) is 7.19. The van der Waals surface area contributed by atoms with Crippen LogP contribution in [0, 0.1) is 11.8 Å². The van der Waals surface area contributed by atoms with Crippen LogP contribution >= 0.6 is 11.8 Å². The zero-order chi connectivity index (χ0) is 24.7. The minimum atomic E-state index is -1.11. The van der Waals surface area contributed by atoms with Crippen LogP contribution in [-0.2, 0) is 19.2 Å². The summed E-state index contributed by atoms with van der Waals surface area (Å²) >= 11 is 1.47. The Bertz CT molecular complexity index is 910. The van der Waals surface area contributed by atoms with E-state index < -0.39 is 11.9 Å². The Morgan fingerprint density at radius 1 is 1.35 bits per heavy atom. The number of carboxylic acids is 1. The van der Waals surface area contributed by atoms with Crippen molar-refractivity contribution in [3.05, 3.63) is 10.6 Å². The summed E-state index contributed by atoms with van der Waals surface area (Å²) in [6.07, 6.45) is 2.53. The molecule has 5 unspecified atom stereocenters. The molecule has 7 atom stereocenters. The molecule has 34 heavy (non-hydrogen) atoms. The molecule has 0 aromatic rings. The number of likely N-dealkylation sites (tertiary alicyclic amines) is 1. The number of carbonyl (C=O) groups excluding carboxylic acids is 3. The number of rotatable bonds is 8. The van der Waals surface area contributed by atoms with E-state index in [9.17, 15) is 24.3 Å². The predicted octanol–water partition coefficient (Wildman–Crippen LogP) is 0.0874. The van der Waals surface area contributed by atoms with Crippen LogP contribution in [0.1, 0.15) is 46.5 Å². The van der Waals surface area contributed by atoms with Crippen molar-refractivity contribution < 1.29 is 24.3 Å². The van der Waals surface area contributed by atoms with Crippen LogP contribution in [0.3, 0.4) is 0 Å². The molecule has 3 saturated heterocycles. The van der Waals surface area contributed by atoms with Gasteiger partial charge in [-0.1, -0.05) is 13.8 Å². The molecule has 0 bridgehead atoms. The van der Waals surface area contributed by atoms with Crippen LogP contribution in [0.4, 0.5) is 0 Å². The normalized spacial score (nSPS) is 33.7. The third-order valence-corrected chi connectivity index (χ3v) is 8.93. The van der Waals surface area contributed by atoms with Crippen molar-refractivity contribution in [1.29, 1.82) is 0 Å². The molecule has 4 rings (SSSR count). The van der Waals surface area contributed by atoms with E-state index in [1.807, 2.05) is 20.8 Å². The number of hydrogen-bond donors (Lipinski definition) is 4. The van der Waals surface area contributed by atoms with Crippen LogP contribution in [0.15, 0.2) is 10.6 Å². The van der Waals surface area contributed by atoms with Crippen LogP contribution < -0.4 is 16.4 Å². The van der Waals surface area contributed by atoms with Gasteiger partial charge in [-0.25, -0.2) is 4.79 Å². The van der Waals surface area contributed by atoms with E-state index in [0.29, 0.717) is 37.4 Å². The lowest BCUT2D eigenvalue weighted by Crippen LogP contribution is -2.66. The second-order valence-corrected chi connectivity index (χ2v) is 11.2. The van der Waals surface area contributed by atoms with Crippen LogP contribution in [-0.4, -0.2) is 87.6 Å². The average molecular weight is 494 g/mol. The molecule has 4 aliphatic rings. The monoisotopic (exact) mass is 493 g/mol. The molecule has 10 nitrogen and oxygen atoms in total. The van der Waals surface area contributed by atoms with Crippen molar-refractivity contribution in [2.24, 2.45) is 17.6 Å². The molecule has 0 spiro atoms. The van der Waals surface area contributed by atoms with Gasteiger partial charge in [-0.05, 0) is 26.2 Å². The number of carboxylic acid groups (broad SMARTS) is 1. The molecule has 0 saturated carbocycles. The van der Waals surface area contributed by atoms with Gasteiger partial charge < -0.3 is 31.3 Å². The van der Waals surface area contributed by atoms with Gasteiger partial charge in [0.2, 0.25) is 17.7 Å². The van der Waals surface area contributed by atoms with Gasteiger partial charge in [0.1, 0.15) is 5.70 Å². The summed E-state index contributed by atoms with van der Waals surface area (Å²) in [6, 6.07) is -0.913. The van der Waals surface area contributed by atoms with Gasteiger partial charge in [0.25, 0.3) is 0 Å². The SMILES string of the molecule is CCCC(=O)NC(C)C1C(=O)N2C(C(=O)O)=C(SC3CNC(C(=O)N4CC[C@@H](N)C4)C3)C(C)[C@H]12. The van der Waals surface area contributed by atoms with E-state index >= 15 is 0 Å². The maximum atomic E-state index is 13.0. The van der Waals surface area contributed by atoms with E-state index in [1.165, 1.54) is 16.7 Å². The zero-order valence-electron chi connectivity index (χ0n) is 20.0. The van der Waals surface area contributed by atoms with E-state index in [4.69, 9.17) is 5.73 Å². The molecule has 188 valence electrons. The molecule has 4 heterocycles. The summed E-state index contributed by atoms with van der Waals surface area (Å²) in [7, 11) is 0. The van der Waals surface area contributed by atoms with Crippen LogP contribution in [0.2, 0.25) is 0 Å². The number of nitrogens with two attached hydrogens (primary N) is 1. The average Bonchev–Trinajstić information content (AvgIpc) is 3.46. The Hall–Kier alpha value is -2.11. The number of hydrogen-bond acceptors (Lipinski definition) is 7. The highest BCUT2D eigenvalue weighted by Crippen LogP contribution is 2.51. The molecule has 3 amide bonds. The lowest BCUT2D eigenvalue weighted by Gasteiger charge is -2.47. The first-order chi connectivity index (χ1) is 16.1. The van der Waals surface area contributed by atoms with Gasteiger partial charge in [0, 0.05) is 54.2 Å². The summed E-state index contributed by atoms with van der Waals surface area (Å²) in [5.74, 6) is -2.01. The van der Waals surface area contributed by atoms with Gasteiger partial charge >= 0.3 is 5.97 Å². The van der Waals surface area contributed by atoms with Gasteiger partial charge in [-0.15, -0.1) is 11.8 Å². The molecular weight excluding hydrogens is 458 g/mol. The van der Waals surface area contributed by atoms with Crippen molar-refractivity contribution in [2.75, 3.05) is 19.6 Å². The lowest BCUT2D eigenvalue weighted by molar-refractivity contribution is -0.158. The standard InChI is InChI=1S/C23H35N5O5S/c1-4-5-16(29)26-12(3)17-18-11(2)20(19(23(32)33)28(18)22(17)31)34-14-8-15(25-9-14)21(30)27-7-6-13(24)10-27/h11-15,17-18,25H,4-10,24H2,1-3H3,(H,26,29)(H,32,33)/t11?,12?,13-,14?,15?,17?,18-/m1/s1. The number of thioether (sulfide) groups is 1. The summed E-state index contributed by atoms with van der Waals surface area (Å²) in [5.41, 5.74) is 5.99. The Balaban J connectivity index is 1.43. The number of carbonyl (C=O) groups is 4. The molecule has 5 N–H and O–H groups in total. The van der Waals surface area contributed by atoms with Crippen molar-refractivity contribution in [2.45, 2.75) is 75.9 Å². The van der Waals surface area contributed by atoms with Crippen LogP contribution in [0.5, 0.6) is 0 Å². The molecule has 0 aliphatic carbocycles. The molecular formula is C23H35N5O5S. The largest absolute Gasteiger partial charge is 0.477 e. The molecule has 4 aliphatic heterocycles. The second kappa shape index (κ2) is 9.87. The smallest absolute Gasteiger partial charge is 0.353 e. The fourth-order valence-electron chi connectivity index (χ4n) is 5.71. The minimum absolute atomic E-state index is 0.0299. The zero-order valence-corrected chi connectivity index (χ0v) is 20.8. The lowest BCUT2D eigenvalue weighted by atomic mass is 9.78. The molecule has 0 aromatic carbocycles. The Morgan fingerprint density at radius 3 is 2.71 bits per heavy atom. The highest BCUT2D eigenvalue weighted by Gasteiger charge is 2.60. The maximum Gasteiger partial charge on any atom is 0.353 e. The second-order valence-electron chi connectivity index (χ2n) is 9.91. The minimum Gasteiger partial charge on any atom is -0.477 e. The quantitative estimate of drug-likeness (QED) is 0.348. The number of β-lactam (4-membered cyclic amide) rings is 1. The number of nitrogens with one attached hydrogen (secondary N) is 2. The van der Waals surface area contributed by atoms with Crippen molar-refractivity contribution in [1.82, 2.24) is 20.4 Å². The van der Waals surface area contributed by atoms with Crippen molar-refractivity contribution >= 4 is 35.5 Å². The summed E-state index contributed by atoms with van der Waals surface area (Å²) in [4.78, 5) is 53.9. The summed E-state index contributed by atoms with van der Waals surface area (Å²) in [6.45, 7) is 7.53. The van der Waals surface area contributed by atoms with E-state index in [0.717, 1.165) is 12.8 Å². The van der Waals surface area contributed by atoms with Gasteiger partial charge in [-0.2, -0.15) is 0 Å². The highest BCUT2D eigenvalue weighted by atomic mass is 32.2. The third-order valence-electron chi connectivity index (χ3n) is 7.41. The van der Waals surface area contributed by atoms with Gasteiger partial charge in [-0.3, -0.25) is 14.4 Å².